The fourth-order valence-corrected chi connectivity index (χ4v) is 6.42. The number of nitrogens with zero attached hydrogens (tertiary/aromatic N) is 3. The zero-order valence-electron chi connectivity index (χ0n) is 18.5. The second kappa shape index (κ2) is 9.90. The van der Waals surface area contributed by atoms with E-state index in [0.717, 1.165) is 34.1 Å². The van der Waals surface area contributed by atoms with Gasteiger partial charge in [0.1, 0.15) is 0 Å². The fourth-order valence-electron chi connectivity index (χ4n) is 4.36. The zero-order chi connectivity index (χ0) is 23.6. The summed E-state index contributed by atoms with van der Waals surface area (Å²) in [6.07, 6.45) is 3.40. The summed E-state index contributed by atoms with van der Waals surface area (Å²) in [4.78, 5) is 44.0. The molecule has 1 aromatic heterocycles. The van der Waals surface area contributed by atoms with E-state index >= 15 is 0 Å². The molecule has 11 heteroatoms. The van der Waals surface area contributed by atoms with Gasteiger partial charge in [-0.15, -0.1) is 11.8 Å². The van der Waals surface area contributed by atoms with Crippen LogP contribution in [0.3, 0.4) is 0 Å². The van der Waals surface area contributed by atoms with Crippen molar-refractivity contribution in [2.75, 3.05) is 42.1 Å². The van der Waals surface area contributed by atoms with E-state index in [1.54, 1.807) is 35.8 Å². The Balaban J connectivity index is 1.42. The molecule has 1 atom stereocenters. The van der Waals surface area contributed by atoms with Crippen LogP contribution in [0.15, 0.2) is 28.6 Å². The molecule has 2 aliphatic heterocycles. The maximum Gasteiger partial charge on any atom is 0.328 e. The van der Waals surface area contributed by atoms with Crippen LogP contribution < -0.4 is 15.5 Å². The van der Waals surface area contributed by atoms with Crippen molar-refractivity contribution < 1.29 is 14.4 Å². The largest absolute Gasteiger partial charge is 0.356 e. The number of anilines is 2. The number of amides is 4. The molecule has 8 nitrogen and oxygen atoms in total. The number of hydrogen-bond donors (Lipinski definition) is 2. The van der Waals surface area contributed by atoms with Gasteiger partial charge in [-0.05, 0) is 36.6 Å². The number of hydrogen-bond acceptors (Lipinski definition) is 6. The number of rotatable bonds is 6. The smallest absolute Gasteiger partial charge is 0.328 e. The molecule has 2 N–H and O–H groups in total. The minimum absolute atomic E-state index is 0.0260. The summed E-state index contributed by atoms with van der Waals surface area (Å²) in [5.41, 5.74) is 1.54. The van der Waals surface area contributed by atoms with Crippen LogP contribution in [0.25, 0.3) is 0 Å². The molecule has 2 aliphatic rings. The molecule has 1 fully saturated rings. The summed E-state index contributed by atoms with van der Waals surface area (Å²) < 4.78 is 1.01. The number of fused-ring (bicyclic) bond motifs is 2. The molecule has 33 heavy (non-hydrogen) atoms. The first-order valence-electron chi connectivity index (χ1n) is 10.7. The van der Waals surface area contributed by atoms with Crippen LogP contribution in [0, 0.1) is 0 Å². The number of thiazole rings is 1. The lowest BCUT2D eigenvalue weighted by atomic mass is 9.81. The predicted molar refractivity (Wildman–Crippen MR) is 133 cm³/mol. The van der Waals surface area contributed by atoms with E-state index < -0.39 is 0 Å². The van der Waals surface area contributed by atoms with Gasteiger partial charge < -0.3 is 10.2 Å². The molecule has 4 amide bonds. The molecule has 0 aliphatic carbocycles. The molecular weight excluding hydrogens is 482 g/mol. The molecule has 1 aromatic carbocycles. The number of nitrogens with one attached hydrogen (secondary N) is 2. The monoisotopic (exact) mass is 507 g/mol. The van der Waals surface area contributed by atoms with Crippen molar-refractivity contribution >= 4 is 63.4 Å². The lowest BCUT2D eigenvalue weighted by Gasteiger charge is -2.25. The van der Waals surface area contributed by atoms with E-state index in [-0.39, 0.29) is 23.3 Å². The fraction of sp³-hybridized carbons (Fsp3) is 0.455. The summed E-state index contributed by atoms with van der Waals surface area (Å²) in [6, 6.07) is 5.34. The molecule has 0 radical (unpaired) electrons. The zero-order valence-corrected chi connectivity index (χ0v) is 20.9. The quantitative estimate of drug-likeness (QED) is 0.456. The average Bonchev–Trinajstić information content (AvgIpc) is 3.47. The number of urea groups is 1. The molecule has 4 rings (SSSR count). The molecular formula is C22H26ClN5O3S2. The third-order valence-electron chi connectivity index (χ3n) is 5.96. The van der Waals surface area contributed by atoms with Gasteiger partial charge in [0.15, 0.2) is 5.13 Å². The van der Waals surface area contributed by atoms with Gasteiger partial charge in [0.2, 0.25) is 11.8 Å². The number of likely N-dealkylation sites (tertiary alicyclic amines) is 1. The first-order chi connectivity index (χ1) is 15.8. The van der Waals surface area contributed by atoms with Crippen LogP contribution in [-0.4, -0.2) is 59.7 Å². The molecule has 3 heterocycles. The van der Waals surface area contributed by atoms with Gasteiger partial charge in [-0.3, -0.25) is 19.8 Å². The number of aromatic nitrogens is 1. The molecule has 1 spiro atoms. The molecule has 0 saturated carbocycles. The van der Waals surface area contributed by atoms with Crippen molar-refractivity contribution in [3.05, 3.63) is 35.0 Å². The van der Waals surface area contributed by atoms with Crippen LogP contribution in [0.4, 0.5) is 15.6 Å². The van der Waals surface area contributed by atoms with E-state index in [4.69, 9.17) is 11.6 Å². The van der Waals surface area contributed by atoms with Crippen molar-refractivity contribution in [3.63, 3.8) is 0 Å². The van der Waals surface area contributed by atoms with E-state index in [1.165, 1.54) is 18.3 Å². The first-order valence-corrected chi connectivity index (χ1v) is 12.9. The molecule has 1 saturated heterocycles. The number of thioether (sulfide) groups is 1. The van der Waals surface area contributed by atoms with Crippen molar-refractivity contribution in [2.24, 2.45) is 0 Å². The van der Waals surface area contributed by atoms with Crippen LogP contribution in [0.5, 0.6) is 0 Å². The summed E-state index contributed by atoms with van der Waals surface area (Å²) in [7, 11) is 0. The average molecular weight is 508 g/mol. The molecule has 2 aromatic rings. The lowest BCUT2D eigenvalue weighted by molar-refractivity contribution is -0.128. The van der Waals surface area contributed by atoms with E-state index in [0.29, 0.717) is 36.3 Å². The SMILES string of the molecule is CC(=O)NCCCSc1cnc(NC(=O)N2CC3(CCN(C(C)=O)C3)c3cc(Cl)ccc32)s1. The lowest BCUT2D eigenvalue weighted by Crippen LogP contribution is -2.41. The Kier molecular flexibility index (Phi) is 7.16. The van der Waals surface area contributed by atoms with Gasteiger partial charge in [0, 0.05) is 61.9 Å². The number of halogens is 1. The van der Waals surface area contributed by atoms with Crippen molar-refractivity contribution in [2.45, 2.75) is 36.3 Å². The molecule has 176 valence electrons. The molecule has 1 unspecified atom stereocenters. The minimum atomic E-state index is -0.305. The van der Waals surface area contributed by atoms with Crippen molar-refractivity contribution in [3.8, 4) is 0 Å². The summed E-state index contributed by atoms with van der Waals surface area (Å²) in [5.74, 6) is 0.871. The number of carbonyl (C=O) groups excluding carboxylic acids is 3. The van der Waals surface area contributed by atoms with Gasteiger partial charge in [-0.25, -0.2) is 9.78 Å². The van der Waals surface area contributed by atoms with Crippen molar-refractivity contribution in [1.29, 1.82) is 0 Å². The van der Waals surface area contributed by atoms with E-state index in [2.05, 4.69) is 15.6 Å². The van der Waals surface area contributed by atoms with Crippen LogP contribution in [0.2, 0.25) is 5.02 Å². The highest BCUT2D eigenvalue weighted by atomic mass is 35.5. The Bertz CT molecular complexity index is 1080. The van der Waals surface area contributed by atoms with Gasteiger partial charge in [0.25, 0.3) is 0 Å². The summed E-state index contributed by atoms with van der Waals surface area (Å²) >= 11 is 9.37. The third kappa shape index (κ3) is 5.28. The molecule has 0 bridgehead atoms. The first kappa shape index (κ1) is 23.8. The van der Waals surface area contributed by atoms with Crippen LogP contribution in [0.1, 0.15) is 32.3 Å². The second-order valence-electron chi connectivity index (χ2n) is 8.32. The van der Waals surface area contributed by atoms with Crippen LogP contribution in [-0.2, 0) is 15.0 Å². The summed E-state index contributed by atoms with van der Waals surface area (Å²) in [5, 5.41) is 6.87. The number of benzene rings is 1. The van der Waals surface area contributed by atoms with Crippen molar-refractivity contribution in [1.82, 2.24) is 15.2 Å². The van der Waals surface area contributed by atoms with Gasteiger partial charge in [0.05, 0.1) is 10.4 Å². The van der Waals surface area contributed by atoms with E-state index in [1.807, 2.05) is 17.0 Å². The predicted octanol–water partition coefficient (Wildman–Crippen LogP) is 3.96. The Hall–Kier alpha value is -2.30. The normalized spacial score (nSPS) is 19.1. The Labute approximate surface area is 206 Å². The van der Waals surface area contributed by atoms with E-state index in [9.17, 15) is 14.4 Å². The van der Waals surface area contributed by atoms with Gasteiger partial charge in [-0.2, -0.15) is 0 Å². The highest BCUT2D eigenvalue weighted by molar-refractivity contribution is 8.01. The Morgan fingerprint density at radius 2 is 2.09 bits per heavy atom. The van der Waals surface area contributed by atoms with Gasteiger partial charge in [-0.1, -0.05) is 22.9 Å². The maximum atomic E-state index is 13.2. The Morgan fingerprint density at radius 3 is 2.82 bits per heavy atom. The minimum Gasteiger partial charge on any atom is -0.356 e. The Morgan fingerprint density at radius 1 is 1.27 bits per heavy atom. The maximum absolute atomic E-state index is 13.2. The second-order valence-corrected chi connectivity index (χ2v) is 11.2. The topological polar surface area (TPSA) is 94.6 Å². The van der Waals surface area contributed by atoms with Crippen LogP contribution >= 0.6 is 34.7 Å². The number of carbonyl (C=O) groups is 3. The standard InChI is InChI=1S/C22H26ClN5O3S2/c1-14(29)24-7-3-9-32-19-11-25-20(33-19)26-21(31)28-13-22(6-8-27(12-22)15(2)30)17-10-16(23)4-5-18(17)28/h4-5,10-11H,3,6-9,12-13H2,1-2H3,(H,24,29)(H,25,26,31). The third-order valence-corrected chi connectivity index (χ3v) is 8.39. The summed E-state index contributed by atoms with van der Waals surface area (Å²) in [6.45, 7) is 5.48. The highest BCUT2D eigenvalue weighted by Gasteiger charge is 2.49. The van der Waals surface area contributed by atoms with Gasteiger partial charge >= 0.3 is 6.03 Å². The highest BCUT2D eigenvalue weighted by Crippen LogP contribution is 2.47.